The summed E-state index contributed by atoms with van der Waals surface area (Å²) in [5.41, 5.74) is 21.0. The molecule has 2 aliphatic carbocycles. The van der Waals surface area contributed by atoms with Gasteiger partial charge in [0.05, 0.1) is 22.2 Å². The Hall–Kier alpha value is -5.96. The monoisotopic (exact) mass is 804 g/mol. The van der Waals surface area contributed by atoms with Crippen molar-refractivity contribution in [2.75, 3.05) is 0 Å². The molecule has 2 amide bonds. The van der Waals surface area contributed by atoms with Crippen LogP contribution in [0.25, 0.3) is 21.8 Å². The highest BCUT2D eigenvalue weighted by Crippen LogP contribution is 2.40. The molecule has 2 unspecified atom stereocenters. The quantitative estimate of drug-likeness (QED) is 0.0605. The summed E-state index contributed by atoms with van der Waals surface area (Å²) in [7, 11) is 0. The van der Waals surface area contributed by atoms with Gasteiger partial charge in [0.2, 0.25) is 11.8 Å². The highest BCUT2D eigenvalue weighted by molar-refractivity contribution is 6.13. The molecule has 2 aliphatic rings. The highest BCUT2D eigenvalue weighted by atomic mass is 16.6. The summed E-state index contributed by atoms with van der Waals surface area (Å²) < 4.78 is 10.4. The van der Waals surface area contributed by atoms with E-state index in [1.807, 2.05) is 48.5 Å². The van der Waals surface area contributed by atoms with Gasteiger partial charge in [0, 0.05) is 46.4 Å². The third-order valence-corrected chi connectivity index (χ3v) is 13.1. The standard InChI is InChI=1S/C51H56N4O5/c1-3-5-7-13-33-23-25-39-41-19-11-21-43(47(41)55(45(39)29-33)31-35-15-9-17-37(27-35)49(53)57)51(59)60-50(58)42-20-10-18-40-38-24-22-32(12-6-4-2)28-44(38)54(46(40)42)30-34-14-8-16-36(26-34)48(52)56/h8-11,14-21,26-27,32-33H,3-7,12-13,22-25,28-31H2,1-2H3,(H2,52,56)(H2,53,57). The molecule has 0 spiro atoms. The zero-order valence-corrected chi connectivity index (χ0v) is 34.9. The van der Waals surface area contributed by atoms with Gasteiger partial charge < -0.3 is 25.3 Å². The van der Waals surface area contributed by atoms with Crippen molar-refractivity contribution in [3.05, 3.63) is 141 Å². The number of hydrogen-bond donors (Lipinski definition) is 2. The van der Waals surface area contributed by atoms with Gasteiger partial charge in [-0.25, -0.2) is 9.59 Å². The Morgan fingerprint density at radius 1 is 0.600 bits per heavy atom. The minimum Gasteiger partial charge on any atom is -0.386 e. The maximum absolute atomic E-state index is 14.5. The van der Waals surface area contributed by atoms with Crippen LogP contribution in [0.1, 0.15) is 147 Å². The molecule has 0 fully saturated rings. The van der Waals surface area contributed by atoms with E-state index in [0.717, 1.165) is 90.7 Å². The van der Waals surface area contributed by atoms with Crippen LogP contribution in [-0.2, 0) is 43.5 Å². The number of aromatic nitrogens is 2. The van der Waals surface area contributed by atoms with Crippen molar-refractivity contribution in [1.29, 1.82) is 0 Å². The number of unbranched alkanes of at least 4 members (excludes halogenated alkanes) is 3. The number of aryl methyl sites for hydroxylation is 2. The number of primary amides is 2. The number of fused-ring (bicyclic) bond motifs is 6. The third kappa shape index (κ3) is 8.14. The molecule has 9 heteroatoms. The number of nitrogens with zero attached hydrogens (tertiary/aromatic N) is 2. The molecule has 0 radical (unpaired) electrons. The first-order chi connectivity index (χ1) is 29.1. The molecular weight excluding hydrogens is 749 g/mol. The van der Waals surface area contributed by atoms with Crippen molar-refractivity contribution < 1.29 is 23.9 Å². The van der Waals surface area contributed by atoms with Crippen LogP contribution in [0.4, 0.5) is 0 Å². The molecule has 9 nitrogen and oxygen atoms in total. The molecule has 6 aromatic rings. The lowest BCUT2D eigenvalue weighted by Crippen LogP contribution is -2.19. The second-order valence-corrected chi connectivity index (χ2v) is 17.1. The van der Waals surface area contributed by atoms with Gasteiger partial charge in [0.25, 0.3) is 0 Å². The molecule has 60 heavy (non-hydrogen) atoms. The lowest BCUT2D eigenvalue weighted by atomic mass is 9.83. The van der Waals surface area contributed by atoms with Gasteiger partial charge in [-0.1, -0.05) is 107 Å². The lowest BCUT2D eigenvalue weighted by Gasteiger charge is -2.24. The normalized spacial score (nSPS) is 16.1. The number of nitrogens with two attached hydrogens (primary N) is 2. The van der Waals surface area contributed by atoms with E-state index in [2.05, 4.69) is 35.1 Å². The topological polar surface area (TPSA) is 139 Å². The number of amides is 2. The molecule has 0 bridgehead atoms. The number of rotatable bonds is 15. The minimum absolute atomic E-state index is 0.325. The number of esters is 2. The Labute approximate surface area is 352 Å². The molecule has 2 aromatic heterocycles. The van der Waals surface area contributed by atoms with Crippen LogP contribution in [0, 0.1) is 11.8 Å². The molecule has 2 heterocycles. The van der Waals surface area contributed by atoms with Crippen LogP contribution in [0.5, 0.6) is 0 Å². The van der Waals surface area contributed by atoms with Crippen LogP contribution >= 0.6 is 0 Å². The largest absolute Gasteiger partial charge is 0.386 e. The first-order valence-electron chi connectivity index (χ1n) is 21.9. The number of para-hydroxylation sites is 2. The Kier molecular flexibility index (Phi) is 12.0. The van der Waals surface area contributed by atoms with Crippen molar-refractivity contribution in [3.63, 3.8) is 0 Å². The van der Waals surface area contributed by atoms with E-state index in [1.54, 1.807) is 24.3 Å². The summed E-state index contributed by atoms with van der Waals surface area (Å²) in [6.45, 7) is 5.31. The van der Waals surface area contributed by atoms with E-state index in [0.29, 0.717) is 47.2 Å². The van der Waals surface area contributed by atoms with Gasteiger partial charge in [-0.05, 0) is 109 Å². The van der Waals surface area contributed by atoms with Crippen LogP contribution in [0.2, 0.25) is 0 Å². The van der Waals surface area contributed by atoms with Crippen LogP contribution < -0.4 is 11.5 Å². The van der Waals surface area contributed by atoms with E-state index >= 15 is 0 Å². The SMILES string of the molecule is CCCCCC1CCc2c(n(Cc3cccc(C(N)=O)c3)c3c(C(=O)OC(=O)c4cccc5c6c(n(Cc7cccc(C(N)=O)c7)c45)CC(CCCC)CC6)cccc23)C1. The van der Waals surface area contributed by atoms with Crippen LogP contribution in [-0.4, -0.2) is 32.9 Å². The third-order valence-electron chi connectivity index (χ3n) is 13.1. The fourth-order valence-electron chi connectivity index (χ4n) is 10.1. The van der Waals surface area contributed by atoms with E-state index < -0.39 is 23.8 Å². The molecule has 4 N–H and O–H groups in total. The molecule has 310 valence electrons. The summed E-state index contributed by atoms with van der Waals surface area (Å²) in [6, 6.07) is 26.1. The van der Waals surface area contributed by atoms with Crippen molar-refractivity contribution in [2.24, 2.45) is 23.3 Å². The van der Waals surface area contributed by atoms with E-state index in [9.17, 15) is 19.2 Å². The van der Waals surface area contributed by atoms with Crippen molar-refractivity contribution >= 4 is 45.6 Å². The van der Waals surface area contributed by atoms with E-state index in [1.165, 1.54) is 48.2 Å². The second kappa shape index (κ2) is 17.7. The fraction of sp³-hybridized carbons (Fsp3) is 0.373. The minimum atomic E-state index is -0.708. The average Bonchev–Trinajstić information content (AvgIpc) is 3.74. The summed E-state index contributed by atoms with van der Waals surface area (Å²) >= 11 is 0. The predicted octanol–water partition coefficient (Wildman–Crippen LogP) is 9.87. The number of ether oxygens (including phenoxy) is 1. The predicted molar refractivity (Wildman–Crippen MR) is 236 cm³/mol. The number of hydrogen-bond acceptors (Lipinski definition) is 5. The summed E-state index contributed by atoms with van der Waals surface area (Å²) in [5.74, 6) is -1.34. The van der Waals surface area contributed by atoms with Gasteiger partial charge in [-0.3, -0.25) is 9.59 Å². The summed E-state index contributed by atoms with van der Waals surface area (Å²) in [5, 5.41) is 1.98. The van der Waals surface area contributed by atoms with Gasteiger partial charge in [-0.15, -0.1) is 0 Å². The molecule has 0 aliphatic heterocycles. The number of carbonyl (C=O) groups is 4. The molecule has 2 atom stereocenters. The highest BCUT2D eigenvalue weighted by Gasteiger charge is 2.31. The molecule has 8 rings (SSSR count). The van der Waals surface area contributed by atoms with Crippen molar-refractivity contribution in [3.8, 4) is 0 Å². The summed E-state index contributed by atoms with van der Waals surface area (Å²) in [4.78, 5) is 53.4. The van der Waals surface area contributed by atoms with Crippen molar-refractivity contribution in [1.82, 2.24) is 9.13 Å². The Morgan fingerprint density at radius 3 is 1.50 bits per heavy atom. The smallest absolute Gasteiger partial charge is 0.348 e. The van der Waals surface area contributed by atoms with Gasteiger partial charge in [0.15, 0.2) is 0 Å². The van der Waals surface area contributed by atoms with Gasteiger partial charge in [0.1, 0.15) is 0 Å². The molecule has 0 saturated heterocycles. The number of carbonyl (C=O) groups excluding carboxylic acids is 4. The van der Waals surface area contributed by atoms with Gasteiger partial charge >= 0.3 is 11.9 Å². The van der Waals surface area contributed by atoms with E-state index in [4.69, 9.17) is 16.2 Å². The van der Waals surface area contributed by atoms with Crippen LogP contribution in [0.3, 0.4) is 0 Å². The zero-order chi connectivity index (χ0) is 41.9. The Balaban J connectivity index is 1.19. The molecule has 0 saturated carbocycles. The number of benzene rings is 4. The first kappa shape index (κ1) is 40.8. The maximum Gasteiger partial charge on any atom is 0.348 e. The maximum atomic E-state index is 14.5. The Morgan fingerprint density at radius 2 is 1.05 bits per heavy atom. The first-order valence-corrected chi connectivity index (χ1v) is 21.9. The molecular formula is C51H56N4O5. The Bertz CT molecular complexity index is 2610. The van der Waals surface area contributed by atoms with E-state index in [-0.39, 0.29) is 0 Å². The zero-order valence-electron chi connectivity index (χ0n) is 34.9. The lowest BCUT2D eigenvalue weighted by molar-refractivity contribution is 0.0399. The summed E-state index contributed by atoms with van der Waals surface area (Å²) in [6.07, 6.45) is 13.9. The van der Waals surface area contributed by atoms with Gasteiger partial charge in [-0.2, -0.15) is 0 Å². The second-order valence-electron chi connectivity index (χ2n) is 17.1. The molecule has 4 aromatic carbocycles. The van der Waals surface area contributed by atoms with Crippen molar-refractivity contribution in [2.45, 2.75) is 110 Å². The fourth-order valence-corrected chi connectivity index (χ4v) is 10.1. The van der Waals surface area contributed by atoms with Crippen LogP contribution in [0.15, 0.2) is 84.9 Å². The average molecular weight is 805 g/mol.